The molecule has 26 heavy (non-hydrogen) atoms. The molecule has 0 bridgehead atoms. The highest BCUT2D eigenvalue weighted by atomic mass is 16.1. The molecule has 0 spiro atoms. The van der Waals surface area contributed by atoms with Gasteiger partial charge in [-0.15, -0.1) is 0 Å². The van der Waals surface area contributed by atoms with Gasteiger partial charge in [-0.05, 0) is 38.3 Å². The van der Waals surface area contributed by atoms with E-state index < -0.39 is 0 Å². The van der Waals surface area contributed by atoms with Crippen LogP contribution < -0.4 is 11.1 Å². The number of imidazole rings is 1. The van der Waals surface area contributed by atoms with Crippen LogP contribution in [0.15, 0.2) is 30.3 Å². The Morgan fingerprint density at radius 1 is 1.15 bits per heavy atom. The standard InChI is InChI=1S/C20H25N5O/c1-13-14(2)23-20(21)18-19(13)25(15(3)24-18)12-11-22-17(26)10-9-16-7-5-4-6-8-16/h4-8H,9-12H2,1-3H3,(H2,21,23)(H,22,26). The van der Waals surface area contributed by atoms with Gasteiger partial charge in [0.05, 0.1) is 5.52 Å². The lowest BCUT2D eigenvalue weighted by Crippen LogP contribution is -2.27. The van der Waals surface area contributed by atoms with Crippen molar-refractivity contribution in [3.63, 3.8) is 0 Å². The fraction of sp³-hybridized carbons (Fsp3) is 0.350. The highest BCUT2D eigenvalue weighted by molar-refractivity contribution is 5.88. The first-order chi connectivity index (χ1) is 12.5. The van der Waals surface area contributed by atoms with E-state index in [0.717, 1.165) is 34.5 Å². The molecule has 3 rings (SSSR count). The molecule has 3 aromatic rings. The van der Waals surface area contributed by atoms with E-state index in [1.807, 2.05) is 51.1 Å². The van der Waals surface area contributed by atoms with Crippen molar-refractivity contribution in [3.8, 4) is 0 Å². The van der Waals surface area contributed by atoms with Gasteiger partial charge in [0.25, 0.3) is 0 Å². The number of anilines is 1. The number of nitrogens with zero attached hydrogens (tertiary/aromatic N) is 3. The summed E-state index contributed by atoms with van der Waals surface area (Å²) in [5, 5.41) is 3.00. The molecule has 6 nitrogen and oxygen atoms in total. The number of rotatable bonds is 6. The Kier molecular flexibility index (Phi) is 5.21. The largest absolute Gasteiger partial charge is 0.382 e. The summed E-state index contributed by atoms with van der Waals surface area (Å²) in [6, 6.07) is 10.0. The van der Waals surface area contributed by atoms with Crippen LogP contribution in [0.25, 0.3) is 11.0 Å². The molecule has 2 heterocycles. The maximum atomic E-state index is 12.1. The van der Waals surface area contributed by atoms with Crippen molar-refractivity contribution in [1.29, 1.82) is 0 Å². The summed E-state index contributed by atoms with van der Waals surface area (Å²) >= 11 is 0. The average Bonchev–Trinajstić information content (AvgIpc) is 2.96. The lowest BCUT2D eigenvalue weighted by Gasteiger charge is -2.11. The van der Waals surface area contributed by atoms with Gasteiger partial charge in [0, 0.05) is 25.2 Å². The average molecular weight is 351 g/mol. The first kappa shape index (κ1) is 17.9. The SMILES string of the molecule is Cc1nc(N)c2nc(C)n(CCNC(=O)CCc3ccccc3)c2c1C. The van der Waals surface area contributed by atoms with Gasteiger partial charge in [-0.25, -0.2) is 9.97 Å². The lowest BCUT2D eigenvalue weighted by molar-refractivity contribution is -0.121. The quantitative estimate of drug-likeness (QED) is 0.715. The fourth-order valence-corrected chi connectivity index (χ4v) is 3.18. The van der Waals surface area contributed by atoms with Gasteiger partial charge in [-0.3, -0.25) is 4.79 Å². The van der Waals surface area contributed by atoms with Crippen LogP contribution in [0, 0.1) is 20.8 Å². The molecule has 3 N–H and O–H groups in total. The Hall–Kier alpha value is -2.89. The molecular weight excluding hydrogens is 326 g/mol. The third-order valence-corrected chi connectivity index (χ3v) is 4.73. The monoisotopic (exact) mass is 351 g/mol. The third-order valence-electron chi connectivity index (χ3n) is 4.73. The number of aromatic nitrogens is 3. The van der Waals surface area contributed by atoms with Gasteiger partial charge >= 0.3 is 0 Å². The minimum Gasteiger partial charge on any atom is -0.382 e. The van der Waals surface area contributed by atoms with Crippen LogP contribution in [0.3, 0.4) is 0 Å². The summed E-state index contributed by atoms with van der Waals surface area (Å²) in [6.45, 7) is 7.14. The number of carbonyl (C=O) groups is 1. The van der Waals surface area contributed by atoms with E-state index in [1.54, 1.807) is 0 Å². The number of hydrogen-bond acceptors (Lipinski definition) is 4. The fourth-order valence-electron chi connectivity index (χ4n) is 3.18. The molecule has 0 radical (unpaired) electrons. The summed E-state index contributed by atoms with van der Waals surface area (Å²) in [5.41, 5.74) is 10.9. The van der Waals surface area contributed by atoms with Gasteiger partial charge in [-0.1, -0.05) is 30.3 Å². The smallest absolute Gasteiger partial charge is 0.220 e. The molecule has 0 aliphatic heterocycles. The number of fused-ring (bicyclic) bond motifs is 1. The molecule has 0 unspecified atom stereocenters. The predicted molar refractivity (Wildman–Crippen MR) is 104 cm³/mol. The van der Waals surface area contributed by atoms with Crippen molar-refractivity contribution in [2.24, 2.45) is 0 Å². The number of nitrogen functional groups attached to an aromatic ring is 1. The van der Waals surface area contributed by atoms with Gasteiger partial charge in [0.2, 0.25) is 5.91 Å². The second-order valence-corrected chi connectivity index (χ2v) is 6.55. The number of aryl methyl sites for hydroxylation is 4. The van der Waals surface area contributed by atoms with Crippen LogP contribution in [-0.2, 0) is 17.8 Å². The van der Waals surface area contributed by atoms with Gasteiger partial charge in [-0.2, -0.15) is 0 Å². The summed E-state index contributed by atoms with van der Waals surface area (Å²) in [7, 11) is 0. The highest BCUT2D eigenvalue weighted by Crippen LogP contribution is 2.25. The molecule has 1 amide bonds. The second kappa shape index (κ2) is 7.56. The first-order valence-corrected chi connectivity index (χ1v) is 8.87. The summed E-state index contributed by atoms with van der Waals surface area (Å²) in [5.74, 6) is 1.39. The van der Waals surface area contributed by atoms with Crippen molar-refractivity contribution in [3.05, 3.63) is 53.0 Å². The van der Waals surface area contributed by atoms with Gasteiger partial charge in [0.15, 0.2) is 5.82 Å². The number of nitrogens with one attached hydrogen (secondary N) is 1. The van der Waals surface area contributed by atoms with Crippen molar-refractivity contribution in [2.45, 2.75) is 40.2 Å². The molecule has 0 fully saturated rings. The number of pyridine rings is 1. The Morgan fingerprint density at radius 2 is 1.88 bits per heavy atom. The molecule has 0 saturated heterocycles. The predicted octanol–water partition coefficient (Wildman–Crippen LogP) is 2.69. The van der Waals surface area contributed by atoms with Crippen LogP contribution in [0.1, 0.15) is 29.1 Å². The Balaban J connectivity index is 1.63. The number of amides is 1. The number of nitrogens with two attached hydrogens (primary N) is 1. The highest BCUT2D eigenvalue weighted by Gasteiger charge is 2.15. The van der Waals surface area contributed by atoms with E-state index in [9.17, 15) is 4.79 Å². The molecule has 0 atom stereocenters. The molecule has 2 aromatic heterocycles. The van der Waals surface area contributed by atoms with Crippen LogP contribution in [0.4, 0.5) is 5.82 Å². The normalized spacial score (nSPS) is 11.0. The minimum absolute atomic E-state index is 0.0602. The maximum Gasteiger partial charge on any atom is 0.220 e. The van der Waals surface area contributed by atoms with Crippen LogP contribution in [0.5, 0.6) is 0 Å². The zero-order chi connectivity index (χ0) is 18.7. The van der Waals surface area contributed by atoms with Crippen molar-refractivity contribution < 1.29 is 4.79 Å². The van der Waals surface area contributed by atoms with E-state index >= 15 is 0 Å². The third kappa shape index (κ3) is 3.69. The summed E-state index contributed by atoms with van der Waals surface area (Å²) in [6.07, 6.45) is 1.24. The number of benzene rings is 1. The number of carbonyl (C=O) groups excluding carboxylic acids is 1. The minimum atomic E-state index is 0.0602. The zero-order valence-electron chi connectivity index (χ0n) is 15.5. The van der Waals surface area contributed by atoms with Crippen LogP contribution in [0.2, 0.25) is 0 Å². The van der Waals surface area contributed by atoms with E-state index in [-0.39, 0.29) is 5.91 Å². The van der Waals surface area contributed by atoms with Crippen molar-refractivity contribution in [2.75, 3.05) is 12.3 Å². The van der Waals surface area contributed by atoms with E-state index in [0.29, 0.717) is 25.3 Å². The Labute approximate surface area is 153 Å². The van der Waals surface area contributed by atoms with Crippen LogP contribution in [-0.4, -0.2) is 27.0 Å². The maximum absolute atomic E-state index is 12.1. The molecule has 0 aliphatic rings. The zero-order valence-corrected chi connectivity index (χ0v) is 15.5. The molecule has 6 heteroatoms. The summed E-state index contributed by atoms with van der Waals surface area (Å²) < 4.78 is 2.10. The molecule has 136 valence electrons. The van der Waals surface area contributed by atoms with E-state index in [4.69, 9.17) is 5.73 Å². The topological polar surface area (TPSA) is 85.8 Å². The van der Waals surface area contributed by atoms with Crippen LogP contribution >= 0.6 is 0 Å². The molecule has 0 aliphatic carbocycles. The molecule has 1 aromatic carbocycles. The van der Waals surface area contributed by atoms with Gasteiger partial charge in [0.1, 0.15) is 11.3 Å². The molecule has 0 saturated carbocycles. The van der Waals surface area contributed by atoms with Crippen molar-refractivity contribution in [1.82, 2.24) is 19.9 Å². The van der Waals surface area contributed by atoms with Crippen molar-refractivity contribution >= 4 is 22.8 Å². The Morgan fingerprint density at radius 3 is 2.62 bits per heavy atom. The van der Waals surface area contributed by atoms with Gasteiger partial charge < -0.3 is 15.6 Å². The van der Waals surface area contributed by atoms with E-state index in [1.165, 1.54) is 5.56 Å². The first-order valence-electron chi connectivity index (χ1n) is 8.87. The lowest BCUT2D eigenvalue weighted by atomic mass is 10.1. The summed E-state index contributed by atoms with van der Waals surface area (Å²) in [4.78, 5) is 21.0. The molecular formula is C20H25N5O. The van der Waals surface area contributed by atoms with E-state index in [2.05, 4.69) is 19.9 Å². The number of hydrogen-bond donors (Lipinski definition) is 2. The Bertz CT molecular complexity index is 931. The second-order valence-electron chi connectivity index (χ2n) is 6.55.